The fourth-order valence-corrected chi connectivity index (χ4v) is 4.88. The summed E-state index contributed by atoms with van der Waals surface area (Å²) in [6, 6.07) is 13.9. The molecule has 1 aromatic heterocycles. The summed E-state index contributed by atoms with van der Waals surface area (Å²) in [5.74, 6) is 1.50. The number of thiazole rings is 1. The fourth-order valence-electron chi connectivity index (χ4n) is 3.76. The smallest absolute Gasteiger partial charge is 0.247 e. The van der Waals surface area contributed by atoms with Crippen molar-refractivity contribution in [1.82, 2.24) is 9.88 Å². The van der Waals surface area contributed by atoms with Crippen LogP contribution in [0.4, 0.5) is 0 Å². The molecule has 3 heterocycles. The number of amides is 1. The fraction of sp³-hybridized carbons (Fsp3) is 0.273. The van der Waals surface area contributed by atoms with Crippen LogP contribution in [0.3, 0.4) is 0 Å². The molecule has 5 rings (SSSR count). The number of rotatable bonds is 3. The molecule has 3 aromatic rings. The SMILES string of the molecule is O=C(/C=C/c1ccc2c(c1)OCO2)N1CCCC[C@H]1c1nc2ccccc2s1. The lowest BCUT2D eigenvalue weighted by Gasteiger charge is -2.33. The van der Waals surface area contributed by atoms with E-state index in [1.54, 1.807) is 17.4 Å². The Morgan fingerprint density at radius 3 is 2.96 bits per heavy atom. The Morgan fingerprint density at radius 2 is 2.04 bits per heavy atom. The summed E-state index contributed by atoms with van der Waals surface area (Å²) in [5.41, 5.74) is 1.93. The number of piperidine rings is 1. The lowest BCUT2D eigenvalue weighted by molar-refractivity contribution is -0.129. The number of hydrogen-bond donors (Lipinski definition) is 0. The number of fused-ring (bicyclic) bond motifs is 2. The number of carbonyl (C=O) groups is 1. The van der Waals surface area contributed by atoms with Crippen LogP contribution < -0.4 is 9.47 Å². The summed E-state index contributed by atoms with van der Waals surface area (Å²) in [5, 5.41) is 1.03. The molecule has 28 heavy (non-hydrogen) atoms. The highest BCUT2D eigenvalue weighted by molar-refractivity contribution is 7.18. The van der Waals surface area contributed by atoms with Crippen molar-refractivity contribution in [2.75, 3.05) is 13.3 Å². The highest BCUT2D eigenvalue weighted by Crippen LogP contribution is 2.36. The zero-order chi connectivity index (χ0) is 18.9. The first kappa shape index (κ1) is 17.3. The van der Waals surface area contributed by atoms with Gasteiger partial charge in [-0.25, -0.2) is 4.98 Å². The first-order valence-electron chi connectivity index (χ1n) is 9.52. The molecule has 0 unspecified atom stereocenters. The lowest BCUT2D eigenvalue weighted by atomic mass is 10.0. The second kappa shape index (κ2) is 7.28. The minimum Gasteiger partial charge on any atom is -0.454 e. The monoisotopic (exact) mass is 392 g/mol. The zero-order valence-corrected chi connectivity index (χ0v) is 16.2. The van der Waals surface area contributed by atoms with Crippen molar-refractivity contribution in [3.63, 3.8) is 0 Å². The first-order chi connectivity index (χ1) is 13.8. The maximum atomic E-state index is 13.0. The van der Waals surface area contributed by atoms with Gasteiger partial charge in [-0.05, 0) is 55.2 Å². The minimum absolute atomic E-state index is 0.0293. The molecule has 0 radical (unpaired) electrons. The topological polar surface area (TPSA) is 51.7 Å². The molecular weight excluding hydrogens is 372 g/mol. The van der Waals surface area contributed by atoms with E-state index in [1.165, 1.54) is 4.70 Å². The van der Waals surface area contributed by atoms with Gasteiger partial charge in [0.25, 0.3) is 0 Å². The molecule has 142 valence electrons. The summed E-state index contributed by atoms with van der Waals surface area (Å²) in [6.07, 6.45) is 6.61. The third-order valence-corrected chi connectivity index (χ3v) is 6.33. The lowest BCUT2D eigenvalue weighted by Crippen LogP contribution is -2.37. The number of ether oxygens (including phenoxy) is 2. The van der Waals surface area contributed by atoms with Crippen molar-refractivity contribution in [3.05, 3.63) is 59.1 Å². The van der Waals surface area contributed by atoms with E-state index in [-0.39, 0.29) is 18.7 Å². The Morgan fingerprint density at radius 1 is 1.14 bits per heavy atom. The predicted octanol–water partition coefficient (Wildman–Crippen LogP) is 4.79. The van der Waals surface area contributed by atoms with Crippen LogP contribution in [-0.2, 0) is 4.79 Å². The summed E-state index contributed by atoms with van der Waals surface area (Å²) in [7, 11) is 0. The first-order valence-corrected chi connectivity index (χ1v) is 10.3. The molecule has 6 heteroatoms. The maximum absolute atomic E-state index is 13.0. The number of hydrogen-bond acceptors (Lipinski definition) is 5. The van der Waals surface area contributed by atoms with Gasteiger partial charge in [-0.1, -0.05) is 18.2 Å². The highest BCUT2D eigenvalue weighted by Gasteiger charge is 2.29. The van der Waals surface area contributed by atoms with Gasteiger partial charge < -0.3 is 14.4 Å². The van der Waals surface area contributed by atoms with Crippen molar-refractivity contribution in [2.24, 2.45) is 0 Å². The van der Waals surface area contributed by atoms with Gasteiger partial charge in [0.1, 0.15) is 5.01 Å². The van der Waals surface area contributed by atoms with Crippen LogP contribution in [0, 0.1) is 0 Å². The van der Waals surface area contributed by atoms with E-state index in [2.05, 4.69) is 6.07 Å². The highest BCUT2D eigenvalue weighted by atomic mass is 32.1. The van der Waals surface area contributed by atoms with E-state index >= 15 is 0 Å². The Balaban J connectivity index is 1.37. The van der Waals surface area contributed by atoms with Gasteiger partial charge in [0.2, 0.25) is 12.7 Å². The largest absolute Gasteiger partial charge is 0.454 e. The Hall–Kier alpha value is -2.86. The van der Waals surface area contributed by atoms with Crippen LogP contribution in [0.2, 0.25) is 0 Å². The Bertz CT molecular complexity index is 1030. The third kappa shape index (κ3) is 3.24. The van der Waals surface area contributed by atoms with Crippen LogP contribution in [0.15, 0.2) is 48.5 Å². The standard InChI is InChI=1S/C22H20N2O3S/c25-21(11-9-15-8-10-18-19(13-15)27-14-26-18)24-12-4-3-6-17(24)22-23-16-5-1-2-7-20(16)28-22/h1-2,5,7-11,13,17H,3-4,6,12,14H2/b11-9+/t17-/m0/s1. The van der Waals surface area contributed by atoms with Gasteiger partial charge in [0.05, 0.1) is 16.3 Å². The van der Waals surface area contributed by atoms with Crippen LogP contribution >= 0.6 is 11.3 Å². The minimum atomic E-state index is 0.0293. The number of aromatic nitrogens is 1. The molecule has 1 saturated heterocycles. The molecule has 0 bridgehead atoms. The summed E-state index contributed by atoms with van der Waals surface area (Å²) in [4.78, 5) is 19.7. The van der Waals surface area contributed by atoms with Gasteiger partial charge in [0.15, 0.2) is 11.5 Å². The average molecular weight is 392 g/mol. The molecule has 0 N–H and O–H groups in total. The molecule has 0 aliphatic carbocycles. The molecular formula is C22H20N2O3S. The van der Waals surface area contributed by atoms with E-state index in [1.807, 2.05) is 47.4 Å². The van der Waals surface area contributed by atoms with E-state index in [0.717, 1.165) is 53.4 Å². The second-order valence-corrected chi connectivity index (χ2v) is 8.07. The number of carbonyl (C=O) groups excluding carboxylic acids is 1. The Kier molecular flexibility index (Phi) is 4.49. The maximum Gasteiger partial charge on any atom is 0.247 e. The van der Waals surface area contributed by atoms with Crippen molar-refractivity contribution < 1.29 is 14.3 Å². The number of para-hydroxylation sites is 1. The van der Waals surface area contributed by atoms with Crippen LogP contribution in [0.5, 0.6) is 11.5 Å². The molecule has 0 saturated carbocycles. The number of likely N-dealkylation sites (tertiary alicyclic amines) is 1. The normalized spacial score (nSPS) is 18.9. The van der Waals surface area contributed by atoms with Gasteiger partial charge in [-0.2, -0.15) is 0 Å². The third-order valence-electron chi connectivity index (χ3n) is 5.20. The Labute approximate surface area is 167 Å². The molecule has 5 nitrogen and oxygen atoms in total. The summed E-state index contributed by atoms with van der Waals surface area (Å²) < 4.78 is 11.9. The van der Waals surface area contributed by atoms with E-state index < -0.39 is 0 Å². The quantitative estimate of drug-likeness (QED) is 0.601. The number of nitrogens with zero attached hydrogens (tertiary/aromatic N) is 2. The zero-order valence-electron chi connectivity index (χ0n) is 15.3. The van der Waals surface area contributed by atoms with Crippen molar-refractivity contribution in [3.8, 4) is 11.5 Å². The molecule has 2 aliphatic heterocycles. The van der Waals surface area contributed by atoms with Gasteiger partial charge >= 0.3 is 0 Å². The molecule has 2 aromatic carbocycles. The van der Waals surface area contributed by atoms with Gasteiger partial charge in [-0.15, -0.1) is 11.3 Å². The van der Waals surface area contributed by atoms with Gasteiger partial charge in [-0.3, -0.25) is 4.79 Å². The summed E-state index contributed by atoms with van der Waals surface area (Å²) in [6.45, 7) is 1.02. The van der Waals surface area contributed by atoms with Crippen LogP contribution in [-0.4, -0.2) is 29.1 Å². The predicted molar refractivity (Wildman–Crippen MR) is 110 cm³/mol. The van der Waals surface area contributed by atoms with E-state index in [4.69, 9.17) is 14.5 Å². The summed E-state index contributed by atoms with van der Waals surface area (Å²) >= 11 is 1.69. The number of benzene rings is 2. The molecule has 2 aliphatic rings. The molecule has 1 amide bonds. The molecule has 1 fully saturated rings. The van der Waals surface area contributed by atoms with E-state index in [0.29, 0.717) is 0 Å². The second-order valence-electron chi connectivity index (χ2n) is 7.01. The average Bonchev–Trinajstić information content (AvgIpc) is 3.38. The van der Waals surface area contributed by atoms with Crippen LogP contribution in [0.25, 0.3) is 16.3 Å². The van der Waals surface area contributed by atoms with Crippen LogP contribution in [0.1, 0.15) is 35.9 Å². The molecule has 1 atom stereocenters. The van der Waals surface area contributed by atoms with E-state index in [9.17, 15) is 4.79 Å². The van der Waals surface area contributed by atoms with Crippen molar-refractivity contribution in [2.45, 2.75) is 25.3 Å². The molecule has 0 spiro atoms. The van der Waals surface area contributed by atoms with Crippen molar-refractivity contribution >= 4 is 33.5 Å². The van der Waals surface area contributed by atoms with Gasteiger partial charge in [0, 0.05) is 12.6 Å². The van der Waals surface area contributed by atoms with Crippen molar-refractivity contribution in [1.29, 1.82) is 0 Å².